The summed E-state index contributed by atoms with van der Waals surface area (Å²) in [5, 5.41) is 0. The molecule has 3 amide bonds. The van der Waals surface area contributed by atoms with E-state index in [1.165, 1.54) is 6.42 Å². The van der Waals surface area contributed by atoms with E-state index in [1.807, 2.05) is 11.0 Å². The van der Waals surface area contributed by atoms with E-state index in [1.54, 1.807) is 28.0 Å². The highest BCUT2D eigenvalue weighted by Gasteiger charge is 2.30. The quantitative estimate of drug-likeness (QED) is 0.781. The number of anilines is 1. The zero-order valence-electron chi connectivity index (χ0n) is 13.1. The SMILES string of the molecule is O=Cc1cccc(N2CCN(C(=O)N3CCCCC3)CC2=O)c1. The number of aldehydes is 1. The molecule has 1 aromatic rings. The fourth-order valence-electron chi connectivity index (χ4n) is 3.16. The molecule has 0 spiro atoms. The first-order valence-electron chi connectivity index (χ1n) is 8.08. The second-order valence-electron chi connectivity index (χ2n) is 6.01. The zero-order chi connectivity index (χ0) is 16.2. The first-order valence-corrected chi connectivity index (χ1v) is 8.08. The van der Waals surface area contributed by atoms with Gasteiger partial charge in [-0.3, -0.25) is 9.59 Å². The molecule has 1 aromatic carbocycles. The van der Waals surface area contributed by atoms with Gasteiger partial charge in [-0.05, 0) is 31.4 Å². The van der Waals surface area contributed by atoms with Gasteiger partial charge < -0.3 is 14.7 Å². The highest BCUT2D eigenvalue weighted by molar-refractivity contribution is 5.98. The first-order chi connectivity index (χ1) is 11.2. The lowest BCUT2D eigenvalue weighted by Gasteiger charge is -2.38. The second kappa shape index (κ2) is 6.81. The van der Waals surface area contributed by atoms with Crippen LogP contribution in [0.3, 0.4) is 0 Å². The largest absolute Gasteiger partial charge is 0.325 e. The molecule has 0 atom stereocenters. The standard InChI is InChI=1S/C17H21N3O3/c21-13-14-5-4-6-15(11-14)20-10-9-19(12-16(20)22)17(23)18-7-2-1-3-8-18/h4-6,11,13H,1-3,7-10,12H2. The van der Waals surface area contributed by atoms with Gasteiger partial charge >= 0.3 is 6.03 Å². The van der Waals surface area contributed by atoms with Gasteiger partial charge in [-0.1, -0.05) is 12.1 Å². The zero-order valence-corrected chi connectivity index (χ0v) is 13.1. The minimum absolute atomic E-state index is 0.0284. The molecule has 3 rings (SSSR count). The van der Waals surface area contributed by atoms with Gasteiger partial charge in [0.2, 0.25) is 5.91 Å². The molecule has 0 aromatic heterocycles. The number of hydrogen-bond donors (Lipinski definition) is 0. The molecule has 2 aliphatic rings. The number of amides is 3. The molecule has 0 unspecified atom stereocenters. The van der Waals surface area contributed by atoms with Crippen LogP contribution in [0.4, 0.5) is 10.5 Å². The molecule has 6 heteroatoms. The molecule has 122 valence electrons. The van der Waals surface area contributed by atoms with Crippen molar-refractivity contribution in [3.63, 3.8) is 0 Å². The second-order valence-corrected chi connectivity index (χ2v) is 6.01. The van der Waals surface area contributed by atoms with Crippen LogP contribution in [0.5, 0.6) is 0 Å². The first kappa shape index (κ1) is 15.5. The van der Waals surface area contributed by atoms with E-state index < -0.39 is 0 Å². The van der Waals surface area contributed by atoms with Gasteiger partial charge in [0.05, 0.1) is 0 Å². The summed E-state index contributed by atoms with van der Waals surface area (Å²) in [5.41, 5.74) is 1.26. The van der Waals surface area contributed by atoms with Crippen LogP contribution in [0.1, 0.15) is 29.6 Å². The molecule has 0 radical (unpaired) electrons. The topological polar surface area (TPSA) is 60.9 Å². The molecule has 23 heavy (non-hydrogen) atoms. The Morgan fingerprint density at radius 2 is 1.78 bits per heavy atom. The van der Waals surface area contributed by atoms with Crippen molar-refractivity contribution in [2.24, 2.45) is 0 Å². The van der Waals surface area contributed by atoms with Gasteiger partial charge in [0.15, 0.2) is 0 Å². The molecule has 2 heterocycles. The predicted octanol–water partition coefficient (Wildman–Crippen LogP) is 1.75. The number of piperazine rings is 1. The summed E-state index contributed by atoms with van der Waals surface area (Å²) >= 11 is 0. The van der Waals surface area contributed by atoms with Crippen LogP contribution in [-0.4, -0.2) is 60.7 Å². The van der Waals surface area contributed by atoms with Crippen LogP contribution in [0.2, 0.25) is 0 Å². The van der Waals surface area contributed by atoms with Crippen LogP contribution < -0.4 is 4.90 Å². The lowest BCUT2D eigenvalue weighted by Crippen LogP contribution is -2.56. The average Bonchev–Trinajstić information content (AvgIpc) is 2.61. The van der Waals surface area contributed by atoms with Crippen molar-refractivity contribution in [2.45, 2.75) is 19.3 Å². The number of urea groups is 1. The maximum absolute atomic E-state index is 12.5. The Hall–Kier alpha value is -2.37. The third-order valence-corrected chi connectivity index (χ3v) is 4.44. The van der Waals surface area contributed by atoms with Gasteiger partial charge in [-0.25, -0.2) is 4.79 Å². The van der Waals surface area contributed by atoms with Crippen LogP contribution >= 0.6 is 0 Å². The Kier molecular flexibility index (Phi) is 4.60. The smallest absolute Gasteiger partial charge is 0.320 e. The minimum Gasteiger partial charge on any atom is -0.325 e. The van der Waals surface area contributed by atoms with Crippen LogP contribution in [0, 0.1) is 0 Å². The Balaban J connectivity index is 1.66. The Bertz CT molecular complexity index is 611. The highest BCUT2D eigenvalue weighted by atomic mass is 16.2. The summed E-state index contributed by atoms with van der Waals surface area (Å²) in [4.78, 5) is 40.9. The summed E-state index contributed by atoms with van der Waals surface area (Å²) in [6.07, 6.45) is 4.02. The van der Waals surface area contributed by atoms with Crippen molar-refractivity contribution in [3.8, 4) is 0 Å². The van der Waals surface area contributed by atoms with E-state index in [4.69, 9.17) is 0 Å². The van der Waals surface area contributed by atoms with Gasteiger partial charge in [0, 0.05) is 37.4 Å². The molecule has 2 saturated heterocycles. The van der Waals surface area contributed by atoms with E-state index >= 15 is 0 Å². The Labute approximate surface area is 135 Å². The molecule has 2 fully saturated rings. The lowest BCUT2D eigenvalue weighted by molar-refractivity contribution is -0.120. The fourth-order valence-corrected chi connectivity index (χ4v) is 3.16. The van der Waals surface area contributed by atoms with Crippen LogP contribution in [0.25, 0.3) is 0 Å². The molecular weight excluding hydrogens is 294 g/mol. The molecule has 0 aliphatic carbocycles. The Morgan fingerprint density at radius 3 is 2.48 bits per heavy atom. The van der Waals surface area contributed by atoms with E-state index in [-0.39, 0.29) is 18.5 Å². The monoisotopic (exact) mass is 315 g/mol. The Morgan fingerprint density at radius 1 is 1.00 bits per heavy atom. The van der Waals surface area contributed by atoms with Gasteiger partial charge in [-0.15, -0.1) is 0 Å². The van der Waals surface area contributed by atoms with Gasteiger partial charge in [-0.2, -0.15) is 0 Å². The van der Waals surface area contributed by atoms with Gasteiger partial charge in [0.1, 0.15) is 12.8 Å². The number of piperidine rings is 1. The summed E-state index contributed by atoms with van der Waals surface area (Å²) in [7, 11) is 0. The molecule has 0 bridgehead atoms. The minimum atomic E-state index is -0.107. The van der Waals surface area contributed by atoms with E-state index in [0.717, 1.165) is 32.2 Å². The number of carbonyl (C=O) groups is 3. The lowest BCUT2D eigenvalue weighted by atomic mass is 10.1. The summed E-state index contributed by atoms with van der Waals surface area (Å²) < 4.78 is 0. The number of hydrogen-bond acceptors (Lipinski definition) is 3. The van der Waals surface area contributed by atoms with E-state index in [2.05, 4.69) is 0 Å². The summed E-state index contributed by atoms with van der Waals surface area (Å²) in [6.45, 7) is 2.65. The summed E-state index contributed by atoms with van der Waals surface area (Å²) in [5.74, 6) is -0.107. The van der Waals surface area contributed by atoms with Crippen molar-refractivity contribution in [2.75, 3.05) is 37.6 Å². The number of benzene rings is 1. The number of rotatable bonds is 2. The average molecular weight is 315 g/mol. The summed E-state index contributed by atoms with van der Waals surface area (Å²) in [6, 6.07) is 6.95. The third-order valence-electron chi connectivity index (χ3n) is 4.44. The predicted molar refractivity (Wildman–Crippen MR) is 86.6 cm³/mol. The van der Waals surface area contributed by atoms with Crippen molar-refractivity contribution in [3.05, 3.63) is 29.8 Å². The third kappa shape index (κ3) is 3.36. The molecular formula is C17H21N3O3. The van der Waals surface area contributed by atoms with E-state index in [0.29, 0.717) is 24.3 Å². The van der Waals surface area contributed by atoms with Gasteiger partial charge in [0.25, 0.3) is 0 Å². The molecule has 6 nitrogen and oxygen atoms in total. The van der Waals surface area contributed by atoms with Crippen molar-refractivity contribution >= 4 is 23.9 Å². The van der Waals surface area contributed by atoms with Crippen LogP contribution in [-0.2, 0) is 4.79 Å². The highest BCUT2D eigenvalue weighted by Crippen LogP contribution is 2.20. The number of carbonyl (C=O) groups excluding carboxylic acids is 3. The molecule has 0 saturated carbocycles. The maximum atomic E-state index is 12.5. The van der Waals surface area contributed by atoms with Crippen molar-refractivity contribution < 1.29 is 14.4 Å². The molecule has 2 aliphatic heterocycles. The number of likely N-dealkylation sites (tertiary alicyclic amines) is 1. The fraction of sp³-hybridized carbons (Fsp3) is 0.471. The van der Waals surface area contributed by atoms with Crippen molar-refractivity contribution in [1.29, 1.82) is 0 Å². The van der Waals surface area contributed by atoms with Crippen LogP contribution in [0.15, 0.2) is 24.3 Å². The number of nitrogens with zero attached hydrogens (tertiary/aromatic N) is 3. The maximum Gasteiger partial charge on any atom is 0.320 e. The molecule has 0 N–H and O–H groups in total. The van der Waals surface area contributed by atoms with Crippen molar-refractivity contribution in [1.82, 2.24) is 9.80 Å². The normalized spacial score (nSPS) is 19.0. The van der Waals surface area contributed by atoms with E-state index in [9.17, 15) is 14.4 Å².